The molecule has 1 aromatic rings. The van der Waals surface area contributed by atoms with Crippen LogP contribution in [0, 0.1) is 5.92 Å². The van der Waals surface area contributed by atoms with E-state index in [0.29, 0.717) is 18.1 Å². The Bertz CT molecular complexity index is 390. The number of hydrogen-bond acceptors (Lipinski definition) is 3. The van der Waals surface area contributed by atoms with Crippen molar-refractivity contribution in [3.63, 3.8) is 0 Å². The summed E-state index contributed by atoms with van der Waals surface area (Å²) in [5, 5.41) is 3.45. The molecule has 20 heavy (non-hydrogen) atoms. The summed E-state index contributed by atoms with van der Waals surface area (Å²) in [5.74, 6) is 1.57. The summed E-state index contributed by atoms with van der Waals surface area (Å²) in [6.07, 6.45) is 8.49. The van der Waals surface area contributed by atoms with Crippen molar-refractivity contribution in [2.75, 3.05) is 6.54 Å². The van der Waals surface area contributed by atoms with Crippen molar-refractivity contribution >= 4 is 0 Å². The van der Waals surface area contributed by atoms with Crippen molar-refractivity contribution in [2.45, 2.75) is 65.0 Å². The Kier molecular flexibility index (Phi) is 5.84. The van der Waals surface area contributed by atoms with Gasteiger partial charge in [0.25, 0.3) is 0 Å². The zero-order valence-corrected chi connectivity index (χ0v) is 13.1. The van der Waals surface area contributed by atoms with Crippen molar-refractivity contribution in [1.29, 1.82) is 0 Å². The molecule has 3 nitrogen and oxygen atoms in total. The van der Waals surface area contributed by atoms with E-state index in [4.69, 9.17) is 4.74 Å². The molecule has 0 aliphatic heterocycles. The molecule has 0 bridgehead atoms. The number of nitrogens with zero attached hydrogens (tertiary/aromatic N) is 1. The number of pyridine rings is 1. The van der Waals surface area contributed by atoms with Gasteiger partial charge < -0.3 is 10.1 Å². The molecule has 1 fully saturated rings. The second kappa shape index (κ2) is 7.63. The van der Waals surface area contributed by atoms with Crippen LogP contribution in [0.4, 0.5) is 0 Å². The van der Waals surface area contributed by atoms with Crippen LogP contribution in [0.25, 0.3) is 0 Å². The third-order valence-corrected chi connectivity index (χ3v) is 4.22. The largest absolute Gasteiger partial charge is 0.489 e. The Labute approximate surface area is 123 Å². The zero-order valence-electron chi connectivity index (χ0n) is 13.1. The van der Waals surface area contributed by atoms with E-state index in [2.05, 4.69) is 43.2 Å². The van der Waals surface area contributed by atoms with Crippen LogP contribution in [0.3, 0.4) is 0 Å². The van der Waals surface area contributed by atoms with Gasteiger partial charge in [0.05, 0.1) is 11.9 Å². The van der Waals surface area contributed by atoms with Crippen molar-refractivity contribution in [1.82, 2.24) is 10.3 Å². The summed E-state index contributed by atoms with van der Waals surface area (Å²) in [4.78, 5) is 4.53. The van der Waals surface area contributed by atoms with E-state index < -0.39 is 0 Å². The Morgan fingerprint density at radius 1 is 1.35 bits per heavy atom. The summed E-state index contributed by atoms with van der Waals surface area (Å²) < 4.78 is 6.10. The maximum absolute atomic E-state index is 6.10. The fourth-order valence-corrected chi connectivity index (χ4v) is 2.82. The topological polar surface area (TPSA) is 34.1 Å². The highest BCUT2D eigenvalue weighted by molar-refractivity contribution is 5.21. The van der Waals surface area contributed by atoms with Gasteiger partial charge in [-0.2, -0.15) is 0 Å². The molecule has 3 atom stereocenters. The standard InChI is InChI=1S/C17H28N2O/c1-4-11-18-14(3)16-10-9-15(12-19-16)20-17-8-6-5-7-13(17)2/h9-10,12-14,17-18H,4-8,11H2,1-3H3. The van der Waals surface area contributed by atoms with E-state index in [9.17, 15) is 0 Å². The summed E-state index contributed by atoms with van der Waals surface area (Å²) in [7, 11) is 0. The van der Waals surface area contributed by atoms with E-state index in [1.165, 1.54) is 25.7 Å². The maximum Gasteiger partial charge on any atom is 0.138 e. The minimum Gasteiger partial charge on any atom is -0.489 e. The summed E-state index contributed by atoms with van der Waals surface area (Å²) in [5.41, 5.74) is 1.09. The van der Waals surface area contributed by atoms with Crippen molar-refractivity contribution in [3.05, 3.63) is 24.0 Å². The van der Waals surface area contributed by atoms with Crippen LogP contribution < -0.4 is 10.1 Å². The Morgan fingerprint density at radius 3 is 2.80 bits per heavy atom. The molecule has 3 heteroatoms. The fraction of sp³-hybridized carbons (Fsp3) is 0.706. The molecule has 1 aromatic heterocycles. The molecule has 0 saturated heterocycles. The van der Waals surface area contributed by atoms with E-state index in [1.807, 2.05) is 6.20 Å². The van der Waals surface area contributed by atoms with Gasteiger partial charge in [-0.1, -0.05) is 20.3 Å². The molecule has 0 spiro atoms. The fourth-order valence-electron chi connectivity index (χ4n) is 2.82. The maximum atomic E-state index is 6.10. The molecular weight excluding hydrogens is 248 g/mol. The lowest BCUT2D eigenvalue weighted by molar-refractivity contribution is 0.102. The molecule has 0 radical (unpaired) electrons. The lowest BCUT2D eigenvalue weighted by Crippen LogP contribution is -2.28. The SMILES string of the molecule is CCCNC(C)c1ccc(OC2CCCCC2C)cn1. The molecule has 1 heterocycles. The Hall–Kier alpha value is -1.09. The highest BCUT2D eigenvalue weighted by Gasteiger charge is 2.22. The quantitative estimate of drug-likeness (QED) is 0.849. The van der Waals surface area contributed by atoms with Crippen LogP contribution in [0.15, 0.2) is 18.3 Å². The molecule has 1 saturated carbocycles. The normalized spacial score (nSPS) is 24.4. The van der Waals surface area contributed by atoms with E-state index in [1.54, 1.807) is 0 Å². The summed E-state index contributed by atoms with van der Waals surface area (Å²) in [6, 6.07) is 4.45. The van der Waals surface area contributed by atoms with Crippen LogP contribution in [0.1, 0.15) is 64.6 Å². The lowest BCUT2D eigenvalue weighted by Gasteiger charge is -2.29. The summed E-state index contributed by atoms with van der Waals surface area (Å²) in [6.45, 7) is 7.65. The van der Waals surface area contributed by atoms with Gasteiger partial charge in [0, 0.05) is 6.04 Å². The van der Waals surface area contributed by atoms with Gasteiger partial charge in [-0.3, -0.25) is 4.98 Å². The monoisotopic (exact) mass is 276 g/mol. The smallest absolute Gasteiger partial charge is 0.138 e. The predicted octanol–water partition coefficient (Wildman–Crippen LogP) is 4.10. The van der Waals surface area contributed by atoms with Gasteiger partial charge in [-0.15, -0.1) is 0 Å². The Morgan fingerprint density at radius 2 is 2.15 bits per heavy atom. The third kappa shape index (κ3) is 4.20. The first kappa shape index (κ1) is 15.3. The first-order chi connectivity index (χ1) is 9.70. The molecule has 3 unspecified atom stereocenters. The average Bonchev–Trinajstić information content (AvgIpc) is 2.48. The molecule has 1 N–H and O–H groups in total. The minimum absolute atomic E-state index is 0.303. The van der Waals surface area contributed by atoms with Gasteiger partial charge in [0.15, 0.2) is 0 Å². The summed E-state index contributed by atoms with van der Waals surface area (Å²) >= 11 is 0. The molecule has 1 aliphatic carbocycles. The van der Waals surface area contributed by atoms with Crippen LogP contribution in [-0.4, -0.2) is 17.6 Å². The second-order valence-corrected chi connectivity index (χ2v) is 6.01. The van der Waals surface area contributed by atoms with Crippen LogP contribution in [0.2, 0.25) is 0 Å². The van der Waals surface area contributed by atoms with Crippen LogP contribution in [-0.2, 0) is 0 Å². The number of aromatic nitrogens is 1. The van der Waals surface area contributed by atoms with Crippen LogP contribution in [0.5, 0.6) is 5.75 Å². The highest BCUT2D eigenvalue weighted by Crippen LogP contribution is 2.28. The molecule has 112 valence electrons. The highest BCUT2D eigenvalue weighted by atomic mass is 16.5. The first-order valence-electron chi connectivity index (χ1n) is 8.06. The number of nitrogens with one attached hydrogen (secondary N) is 1. The van der Waals surface area contributed by atoms with E-state index in [0.717, 1.165) is 24.4 Å². The van der Waals surface area contributed by atoms with Gasteiger partial charge in [0.1, 0.15) is 11.9 Å². The van der Waals surface area contributed by atoms with Crippen molar-refractivity contribution < 1.29 is 4.74 Å². The lowest BCUT2D eigenvalue weighted by atomic mass is 9.88. The van der Waals surface area contributed by atoms with Crippen molar-refractivity contribution in [3.8, 4) is 5.75 Å². The number of ether oxygens (including phenoxy) is 1. The third-order valence-electron chi connectivity index (χ3n) is 4.22. The van der Waals surface area contributed by atoms with Crippen molar-refractivity contribution in [2.24, 2.45) is 5.92 Å². The van der Waals surface area contributed by atoms with Gasteiger partial charge in [-0.05, 0) is 57.2 Å². The molecule has 0 aromatic carbocycles. The zero-order chi connectivity index (χ0) is 14.4. The van der Waals surface area contributed by atoms with Gasteiger partial charge in [-0.25, -0.2) is 0 Å². The number of hydrogen-bond donors (Lipinski definition) is 1. The van der Waals surface area contributed by atoms with E-state index in [-0.39, 0.29) is 0 Å². The van der Waals surface area contributed by atoms with E-state index >= 15 is 0 Å². The molecular formula is C17H28N2O. The second-order valence-electron chi connectivity index (χ2n) is 6.01. The van der Waals surface area contributed by atoms with Gasteiger partial charge >= 0.3 is 0 Å². The molecule has 1 aliphatic rings. The molecule has 2 rings (SSSR count). The first-order valence-corrected chi connectivity index (χ1v) is 8.06. The van der Waals surface area contributed by atoms with Gasteiger partial charge in [0.2, 0.25) is 0 Å². The average molecular weight is 276 g/mol. The molecule has 0 amide bonds. The number of rotatable bonds is 6. The minimum atomic E-state index is 0.303. The predicted molar refractivity (Wildman–Crippen MR) is 83.0 cm³/mol. The Balaban J connectivity index is 1.90. The van der Waals surface area contributed by atoms with Crippen LogP contribution >= 0.6 is 0 Å².